The molecule has 1 unspecified atom stereocenters. The Labute approximate surface area is 180 Å². The van der Waals surface area contributed by atoms with Crippen LogP contribution in [0.15, 0.2) is 96.3 Å². The molecule has 1 aliphatic rings. The van der Waals surface area contributed by atoms with E-state index in [0.717, 1.165) is 5.56 Å². The lowest BCUT2D eigenvalue weighted by Gasteiger charge is -2.24. The van der Waals surface area contributed by atoms with Gasteiger partial charge >= 0.3 is 0 Å². The predicted octanol–water partition coefficient (Wildman–Crippen LogP) is 4.36. The topological polar surface area (TPSA) is 87.7 Å². The standard InChI is InChI=1S/C25H22N2O4/c1-25(16-17-9-4-2-5-10-17)22(28)21(24(30)27-25)23(29)26-18-11-8-14-20(15-18)31-19-12-6-3-7-13-19/h2-15,28H,16H2,1H3,(H,26,29)(H,27,30). The summed E-state index contributed by atoms with van der Waals surface area (Å²) in [7, 11) is 0. The molecule has 0 saturated carbocycles. The van der Waals surface area contributed by atoms with E-state index in [-0.39, 0.29) is 11.3 Å². The van der Waals surface area contributed by atoms with Crippen molar-refractivity contribution in [3.05, 3.63) is 102 Å². The van der Waals surface area contributed by atoms with Crippen LogP contribution in [0.5, 0.6) is 11.5 Å². The van der Waals surface area contributed by atoms with E-state index in [1.54, 1.807) is 31.2 Å². The maximum Gasteiger partial charge on any atom is 0.264 e. The summed E-state index contributed by atoms with van der Waals surface area (Å²) in [6.45, 7) is 1.70. The van der Waals surface area contributed by atoms with Crippen molar-refractivity contribution in [1.82, 2.24) is 5.32 Å². The molecule has 156 valence electrons. The molecule has 4 rings (SSSR count). The summed E-state index contributed by atoms with van der Waals surface area (Å²) in [6, 6.07) is 25.6. The van der Waals surface area contributed by atoms with Crippen molar-refractivity contribution in [2.75, 3.05) is 5.32 Å². The van der Waals surface area contributed by atoms with Crippen molar-refractivity contribution in [2.45, 2.75) is 18.9 Å². The Hall–Kier alpha value is -4.06. The predicted molar refractivity (Wildman–Crippen MR) is 118 cm³/mol. The van der Waals surface area contributed by atoms with Crippen LogP contribution in [0.25, 0.3) is 0 Å². The highest BCUT2D eigenvalue weighted by atomic mass is 16.5. The Morgan fingerprint density at radius 3 is 2.32 bits per heavy atom. The van der Waals surface area contributed by atoms with Gasteiger partial charge in [0.25, 0.3) is 11.8 Å². The first-order valence-corrected chi connectivity index (χ1v) is 9.89. The van der Waals surface area contributed by atoms with Crippen LogP contribution in [-0.2, 0) is 16.0 Å². The Kier molecular flexibility index (Phi) is 5.45. The van der Waals surface area contributed by atoms with Crippen molar-refractivity contribution in [3.63, 3.8) is 0 Å². The Balaban J connectivity index is 1.52. The number of para-hydroxylation sites is 1. The third kappa shape index (κ3) is 4.43. The van der Waals surface area contributed by atoms with Crippen LogP contribution < -0.4 is 15.4 Å². The first kappa shape index (κ1) is 20.2. The molecule has 3 aromatic carbocycles. The van der Waals surface area contributed by atoms with Crippen LogP contribution in [-0.4, -0.2) is 22.5 Å². The fourth-order valence-corrected chi connectivity index (χ4v) is 3.55. The number of hydrogen-bond donors (Lipinski definition) is 3. The second kappa shape index (κ2) is 8.36. The van der Waals surface area contributed by atoms with Crippen LogP contribution in [0, 0.1) is 0 Å². The lowest BCUT2D eigenvalue weighted by Crippen LogP contribution is -2.43. The van der Waals surface area contributed by atoms with Crippen molar-refractivity contribution in [3.8, 4) is 11.5 Å². The zero-order valence-corrected chi connectivity index (χ0v) is 17.0. The number of carbonyl (C=O) groups excluding carboxylic acids is 2. The molecule has 0 fully saturated rings. The fourth-order valence-electron chi connectivity index (χ4n) is 3.55. The third-order valence-electron chi connectivity index (χ3n) is 5.07. The molecule has 0 saturated heterocycles. The Morgan fingerprint density at radius 2 is 1.61 bits per heavy atom. The molecule has 6 nitrogen and oxygen atoms in total. The smallest absolute Gasteiger partial charge is 0.264 e. The highest BCUT2D eigenvalue weighted by Crippen LogP contribution is 2.30. The number of anilines is 1. The molecular formula is C25H22N2O4. The zero-order chi connectivity index (χ0) is 21.8. The van der Waals surface area contributed by atoms with Gasteiger partial charge < -0.3 is 20.5 Å². The third-order valence-corrected chi connectivity index (χ3v) is 5.07. The van der Waals surface area contributed by atoms with E-state index in [9.17, 15) is 14.7 Å². The summed E-state index contributed by atoms with van der Waals surface area (Å²) < 4.78 is 5.78. The molecule has 1 heterocycles. The number of rotatable bonds is 6. The van der Waals surface area contributed by atoms with Gasteiger partial charge in [-0.05, 0) is 36.8 Å². The molecule has 3 N–H and O–H groups in total. The molecule has 0 spiro atoms. The average molecular weight is 414 g/mol. The minimum absolute atomic E-state index is 0.268. The first-order valence-electron chi connectivity index (χ1n) is 9.89. The van der Waals surface area contributed by atoms with Gasteiger partial charge in [0.2, 0.25) is 0 Å². The molecule has 3 aromatic rings. The first-order chi connectivity index (χ1) is 14.9. The number of aliphatic hydroxyl groups excluding tert-OH is 1. The van der Waals surface area contributed by atoms with Crippen molar-refractivity contribution in [1.29, 1.82) is 0 Å². The molecule has 6 heteroatoms. The van der Waals surface area contributed by atoms with Crippen LogP contribution in [0.2, 0.25) is 0 Å². The highest BCUT2D eigenvalue weighted by Gasteiger charge is 2.44. The Morgan fingerprint density at radius 1 is 0.968 bits per heavy atom. The van der Waals surface area contributed by atoms with Crippen molar-refractivity contribution < 1.29 is 19.4 Å². The number of carbonyl (C=O) groups is 2. The second-order valence-electron chi connectivity index (χ2n) is 7.57. The SMILES string of the molecule is CC1(Cc2ccccc2)NC(=O)C(C(=O)Nc2cccc(Oc3ccccc3)c2)=C1O. The summed E-state index contributed by atoms with van der Waals surface area (Å²) in [4.78, 5) is 25.3. The van der Waals surface area contributed by atoms with Gasteiger partial charge in [0.15, 0.2) is 0 Å². The van der Waals surface area contributed by atoms with Gasteiger partial charge in [-0.25, -0.2) is 0 Å². The average Bonchev–Trinajstić information content (AvgIpc) is 2.97. The van der Waals surface area contributed by atoms with Gasteiger partial charge in [-0.2, -0.15) is 0 Å². The number of benzene rings is 3. The summed E-state index contributed by atoms with van der Waals surface area (Å²) in [5.74, 6) is -0.352. The molecule has 0 aromatic heterocycles. The van der Waals surface area contributed by atoms with Gasteiger partial charge in [-0.1, -0.05) is 54.6 Å². The van der Waals surface area contributed by atoms with E-state index in [1.165, 1.54) is 0 Å². The molecule has 31 heavy (non-hydrogen) atoms. The number of amides is 2. The largest absolute Gasteiger partial charge is 0.509 e. The highest BCUT2D eigenvalue weighted by molar-refractivity contribution is 6.25. The normalized spacial score (nSPS) is 17.9. The number of ether oxygens (including phenoxy) is 1. The van der Waals surface area contributed by atoms with Crippen LogP contribution in [0.4, 0.5) is 5.69 Å². The lowest BCUT2D eigenvalue weighted by atomic mass is 9.91. The van der Waals surface area contributed by atoms with Crippen molar-refractivity contribution >= 4 is 17.5 Å². The van der Waals surface area contributed by atoms with Gasteiger partial charge in [0.05, 0.1) is 5.54 Å². The molecule has 1 aliphatic heterocycles. The maximum atomic E-state index is 12.8. The van der Waals surface area contributed by atoms with E-state index in [0.29, 0.717) is 23.6 Å². The molecular weight excluding hydrogens is 392 g/mol. The minimum Gasteiger partial charge on any atom is -0.509 e. The fraction of sp³-hybridized carbons (Fsp3) is 0.120. The summed E-state index contributed by atoms with van der Waals surface area (Å²) in [5, 5.41) is 16.2. The molecule has 1 atom stereocenters. The van der Waals surface area contributed by atoms with Gasteiger partial charge in [0, 0.05) is 18.2 Å². The summed E-state index contributed by atoms with van der Waals surface area (Å²) >= 11 is 0. The number of nitrogens with one attached hydrogen (secondary N) is 2. The number of hydrogen-bond acceptors (Lipinski definition) is 4. The van der Waals surface area contributed by atoms with Gasteiger partial charge in [-0.15, -0.1) is 0 Å². The van der Waals surface area contributed by atoms with E-state index in [2.05, 4.69) is 10.6 Å². The van der Waals surface area contributed by atoms with E-state index < -0.39 is 17.4 Å². The molecule has 0 aliphatic carbocycles. The van der Waals surface area contributed by atoms with Gasteiger partial charge in [-0.3, -0.25) is 9.59 Å². The van der Waals surface area contributed by atoms with E-state index >= 15 is 0 Å². The Bertz CT molecular complexity index is 1140. The number of aliphatic hydroxyl groups is 1. The summed E-state index contributed by atoms with van der Waals surface area (Å²) in [6.07, 6.45) is 0.364. The van der Waals surface area contributed by atoms with Crippen LogP contribution >= 0.6 is 0 Å². The second-order valence-corrected chi connectivity index (χ2v) is 7.57. The zero-order valence-electron chi connectivity index (χ0n) is 17.0. The quantitative estimate of drug-likeness (QED) is 0.523. The molecule has 0 radical (unpaired) electrons. The van der Waals surface area contributed by atoms with Crippen LogP contribution in [0.1, 0.15) is 12.5 Å². The monoisotopic (exact) mass is 414 g/mol. The van der Waals surface area contributed by atoms with Crippen molar-refractivity contribution in [2.24, 2.45) is 0 Å². The molecule has 2 amide bonds. The van der Waals surface area contributed by atoms with E-state index in [1.807, 2.05) is 60.7 Å². The molecule has 0 bridgehead atoms. The van der Waals surface area contributed by atoms with Crippen LogP contribution in [0.3, 0.4) is 0 Å². The lowest BCUT2D eigenvalue weighted by molar-refractivity contribution is -0.121. The van der Waals surface area contributed by atoms with Gasteiger partial charge in [0.1, 0.15) is 22.8 Å². The maximum absolute atomic E-state index is 12.8. The minimum atomic E-state index is -1.05. The summed E-state index contributed by atoms with van der Waals surface area (Å²) in [5.41, 5.74) is 0.0453. The van der Waals surface area contributed by atoms with E-state index in [4.69, 9.17) is 4.74 Å².